The van der Waals surface area contributed by atoms with Gasteiger partial charge in [-0.15, -0.1) is 0 Å². The van der Waals surface area contributed by atoms with E-state index in [0.717, 1.165) is 0 Å². The quantitative estimate of drug-likeness (QED) is 0.798. The number of aromatic carboxylic acids is 1. The smallest absolute Gasteiger partial charge is 0.337 e. The Labute approximate surface area is 142 Å². The van der Waals surface area contributed by atoms with Crippen molar-refractivity contribution in [3.8, 4) is 17.2 Å². The van der Waals surface area contributed by atoms with Gasteiger partial charge in [0.05, 0.1) is 25.5 Å². The molecule has 0 heterocycles. The number of halogens is 1. The highest BCUT2D eigenvalue weighted by Gasteiger charge is 2.18. The number of benzene rings is 2. The lowest BCUT2D eigenvalue weighted by Crippen LogP contribution is -2.21. The fourth-order valence-corrected chi connectivity index (χ4v) is 2.03. The molecule has 25 heavy (non-hydrogen) atoms. The summed E-state index contributed by atoms with van der Waals surface area (Å²) in [5, 5.41) is 11.7. The third-order valence-corrected chi connectivity index (χ3v) is 3.21. The Balaban J connectivity index is 2.13. The summed E-state index contributed by atoms with van der Waals surface area (Å²) >= 11 is 0. The van der Waals surface area contributed by atoms with Gasteiger partial charge in [-0.1, -0.05) is 0 Å². The summed E-state index contributed by atoms with van der Waals surface area (Å²) in [5.74, 6) is -1.45. The van der Waals surface area contributed by atoms with Crippen LogP contribution in [0.2, 0.25) is 0 Å². The van der Waals surface area contributed by atoms with Gasteiger partial charge in [0.15, 0.2) is 18.1 Å². The standard InChI is InChI=1S/C17H16FNO6/c1-23-14-7-12(17(21)22)13(8-15(14)24-2)19-16(20)9-25-11-5-3-10(18)4-6-11/h3-8H,9H2,1-2H3,(H,19,20)(H,21,22). The van der Waals surface area contributed by atoms with Crippen molar-refractivity contribution in [1.29, 1.82) is 0 Å². The minimum atomic E-state index is -1.24. The number of carboxylic acid groups (broad SMARTS) is 1. The van der Waals surface area contributed by atoms with Gasteiger partial charge < -0.3 is 24.6 Å². The largest absolute Gasteiger partial charge is 0.493 e. The Hall–Kier alpha value is -3.29. The van der Waals surface area contributed by atoms with Crippen LogP contribution in [0.4, 0.5) is 10.1 Å². The van der Waals surface area contributed by atoms with Crippen molar-refractivity contribution < 1.29 is 33.3 Å². The Bertz CT molecular complexity index is 775. The molecule has 2 N–H and O–H groups in total. The summed E-state index contributed by atoms with van der Waals surface area (Å²) in [7, 11) is 2.76. The SMILES string of the molecule is COc1cc(NC(=O)COc2ccc(F)cc2)c(C(=O)O)cc1OC. The number of hydrogen-bond donors (Lipinski definition) is 2. The minimum absolute atomic E-state index is 0.0397. The molecule has 2 rings (SSSR count). The number of carbonyl (C=O) groups is 2. The molecule has 0 fully saturated rings. The first kappa shape index (κ1) is 18.1. The van der Waals surface area contributed by atoms with Crippen LogP contribution < -0.4 is 19.5 Å². The monoisotopic (exact) mass is 349 g/mol. The molecule has 2 aromatic rings. The van der Waals surface area contributed by atoms with Crippen LogP contribution in [0.3, 0.4) is 0 Å². The number of hydrogen-bond acceptors (Lipinski definition) is 5. The van der Waals surface area contributed by atoms with Crippen molar-refractivity contribution in [1.82, 2.24) is 0 Å². The van der Waals surface area contributed by atoms with Crippen LogP contribution in [0, 0.1) is 5.82 Å². The number of amides is 1. The molecule has 0 spiro atoms. The number of ether oxygens (including phenoxy) is 3. The molecule has 0 aliphatic carbocycles. The summed E-state index contributed by atoms with van der Waals surface area (Å²) in [6, 6.07) is 7.74. The predicted octanol–water partition coefficient (Wildman–Crippen LogP) is 2.56. The van der Waals surface area contributed by atoms with E-state index in [1.807, 2.05) is 0 Å². The molecule has 0 bridgehead atoms. The second-order valence-electron chi connectivity index (χ2n) is 4.85. The summed E-state index contributed by atoms with van der Waals surface area (Å²) in [6.07, 6.45) is 0. The van der Waals surface area contributed by atoms with E-state index in [1.54, 1.807) is 0 Å². The average molecular weight is 349 g/mol. The first-order chi connectivity index (χ1) is 11.9. The van der Waals surface area contributed by atoms with Crippen LogP contribution in [-0.2, 0) is 4.79 Å². The van der Waals surface area contributed by atoms with Crippen LogP contribution in [0.25, 0.3) is 0 Å². The van der Waals surface area contributed by atoms with Crippen LogP contribution in [-0.4, -0.2) is 37.8 Å². The van der Waals surface area contributed by atoms with Crippen LogP contribution in [0.1, 0.15) is 10.4 Å². The zero-order chi connectivity index (χ0) is 18.4. The first-order valence-corrected chi connectivity index (χ1v) is 7.12. The molecule has 0 radical (unpaired) electrons. The normalized spacial score (nSPS) is 10.0. The molecule has 1 amide bonds. The number of methoxy groups -OCH3 is 2. The minimum Gasteiger partial charge on any atom is -0.493 e. The molecule has 0 saturated heterocycles. The Morgan fingerprint density at radius 1 is 1.08 bits per heavy atom. The van der Waals surface area contributed by atoms with Crippen molar-refractivity contribution in [2.24, 2.45) is 0 Å². The Morgan fingerprint density at radius 2 is 1.68 bits per heavy atom. The summed E-state index contributed by atoms with van der Waals surface area (Å²) < 4.78 is 28.2. The number of anilines is 1. The van der Waals surface area contributed by atoms with Crippen molar-refractivity contribution in [2.45, 2.75) is 0 Å². The van der Waals surface area contributed by atoms with Gasteiger partial charge in [-0.25, -0.2) is 9.18 Å². The number of rotatable bonds is 7. The van der Waals surface area contributed by atoms with Gasteiger partial charge in [0.2, 0.25) is 0 Å². The van der Waals surface area contributed by atoms with Crippen LogP contribution in [0.15, 0.2) is 36.4 Å². The third-order valence-electron chi connectivity index (χ3n) is 3.21. The fourth-order valence-electron chi connectivity index (χ4n) is 2.03. The van der Waals surface area contributed by atoms with Gasteiger partial charge >= 0.3 is 5.97 Å². The Kier molecular flexibility index (Phi) is 5.78. The molecule has 7 nitrogen and oxygen atoms in total. The van der Waals surface area contributed by atoms with Crippen molar-refractivity contribution in [3.05, 3.63) is 47.8 Å². The van der Waals surface area contributed by atoms with Gasteiger partial charge in [-0.3, -0.25) is 4.79 Å². The van der Waals surface area contributed by atoms with Crippen molar-refractivity contribution in [3.63, 3.8) is 0 Å². The molecule has 132 valence electrons. The van der Waals surface area contributed by atoms with E-state index in [2.05, 4.69) is 5.32 Å². The van der Waals surface area contributed by atoms with Gasteiger partial charge in [0.1, 0.15) is 11.6 Å². The van der Waals surface area contributed by atoms with Crippen molar-refractivity contribution >= 4 is 17.6 Å². The zero-order valence-corrected chi connectivity index (χ0v) is 13.5. The number of carbonyl (C=O) groups excluding carboxylic acids is 1. The predicted molar refractivity (Wildman–Crippen MR) is 87.0 cm³/mol. The maximum Gasteiger partial charge on any atom is 0.337 e. The molecule has 0 aliphatic heterocycles. The highest BCUT2D eigenvalue weighted by molar-refractivity contribution is 6.01. The van der Waals surface area contributed by atoms with Crippen molar-refractivity contribution in [2.75, 3.05) is 26.1 Å². The molecule has 0 aliphatic rings. The second kappa shape index (κ2) is 8.00. The maximum atomic E-state index is 12.8. The first-order valence-electron chi connectivity index (χ1n) is 7.12. The van der Waals surface area contributed by atoms with E-state index < -0.39 is 17.7 Å². The highest BCUT2D eigenvalue weighted by atomic mass is 19.1. The van der Waals surface area contributed by atoms with Gasteiger partial charge in [0.25, 0.3) is 5.91 Å². The molecular weight excluding hydrogens is 333 g/mol. The number of carboxylic acids is 1. The lowest BCUT2D eigenvalue weighted by atomic mass is 10.1. The Morgan fingerprint density at radius 3 is 2.24 bits per heavy atom. The van der Waals surface area contributed by atoms with E-state index >= 15 is 0 Å². The molecule has 0 aromatic heterocycles. The molecule has 0 atom stereocenters. The lowest BCUT2D eigenvalue weighted by molar-refractivity contribution is -0.118. The zero-order valence-electron chi connectivity index (χ0n) is 13.5. The highest BCUT2D eigenvalue weighted by Crippen LogP contribution is 2.33. The molecule has 2 aromatic carbocycles. The van der Waals surface area contributed by atoms with Crippen LogP contribution >= 0.6 is 0 Å². The van der Waals surface area contributed by atoms with E-state index in [1.165, 1.54) is 50.6 Å². The molecule has 8 heteroatoms. The van der Waals surface area contributed by atoms with E-state index in [4.69, 9.17) is 14.2 Å². The summed E-state index contributed by atoms with van der Waals surface area (Å²) in [4.78, 5) is 23.4. The molecule has 0 saturated carbocycles. The van der Waals surface area contributed by atoms with Gasteiger partial charge in [-0.2, -0.15) is 0 Å². The second-order valence-corrected chi connectivity index (χ2v) is 4.85. The van der Waals surface area contributed by atoms with E-state index in [9.17, 15) is 19.1 Å². The fraction of sp³-hybridized carbons (Fsp3) is 0.176. The average Bonchev–Trinajstić information content (AvgIpc) is 2.60. The topological polar surface area (TPSA) is 94.1 Å². The van der Waals surface area contributed by atoms with E-state index in [-0.39, 0.29) is 29.4 Å². The number of nitrogens with one attached hydrogen (secondary N) is 1. The molecular formula is C17H16FNO6. The summed E-state index contributed by atoms with van der Waals surface area (Å²) in [5.41, 5.74) is -0.120. The van der Waals surface area contributed by atoms with Gasteiger partial charge in [0, 0.05) is 12.1 Å². The van der Waals surface area contributed by atoms with Crippen LogP contribution in [0.5, 0.6) is 17.2 Å². The third kappa shape index (κ3) is 4.60. The van der Waals surface area contributed by atoms with E-state index in [0.29, 0.717) is 5.75 Å². The van der Waals surface area contributed by atoms with Gasteiger partial charge in [-0.05, 0) is 24.3 Å². The molecule has 0 unspecified atom stereocenters. The lowest BCUT2D eigenvalue weighted by Gasteiger charge is -2.14. The summed E-state index contributed by atoms with van der Waals surface area (Å²) in [6.45, 7) is -0.376. The maximum absolute atomic E-state index is 12.8.